The average Bonchev–Trinajstić information content (AvgIpc) is 3.25. The Morgan fingerprint density at radius 2 is 1.96 bits per heavy atom. The quantitative estimate of drug-likeness (QED) is 0.158. The number of aryl methyl sites for hydroxylation is 1. The number of amides is 1. The van der Waals surface area contributed by atoms with Gasteiger partial charge in [0.2, 0.25) is 10.0 Å². The van der Waals surface area contributed by atoms with Crippen molar-refractivity contribution in [2.75, 3.05) is 31.7 Å². The molecule has 0 radical (unpaired) electrons. The molecule has 0 unspecified atom stereocenters. The Morgan fingerprint density at radius 1 is 1.16 bits per heavy atom. The van der Waals surface area contributed by atoms with Crippen molar-refractivity contribution in [3.05, 3.63) is 106 Å². The Bertz CT molecular complexity index is 1850. The fourth-order valence-electron chi connectivity index (χ4n) is 8.08. The maximum atomic E-state index is 13.6. The van der Waals surface area contributed by atoms with Gasteiger partial charge in [-0.2, -0.15) is 0 Å². The number of sulfonamides is 1. The smallest absolute Gasteiger partial charge is 0.264 e. The molecule has 0 bridgehead atoms. The van der Waals surface area contributed by atoms with E-state index in [4.69, 9.17) is 21.1 Å². The minimum absolute atomic E-state index is 0.0171. The van der Waals surface area contributed by atoms with E-state index in [0.29, 0.717) is 30.5 Å². The van der Waals surface area contributed by atoms with Crippen molar-refractivity contribution >= 4 is 39.5 Å². The number of halogens is 1. The van der Waals surface area contributed by atoms with Crippen molar-refractivity contribution < 1.29 is 27.5 Å². The van der Waals surface area contributed by atoms with Crippen LogP contribution < -0.4 is 14.4 Å². The third-order valence-corrected chi connectivity index (χ3v) is 13.0. The molecule has 1 aliphatic heterocycles. The number of nitrogens with one attached hydrogen (secondary N) is 1. The van der Waals surface area contributed by atoms with Gasteiger partial charge < -0.3 is 14.4 Å². The van der Waals surface area contributed by atoms with Gasteiger partial charge in [0.05, 0.1) is 17.5 Å². The fraction of sp³-hybridized carbons (Fsp3) is 0.450. The number of benzene rings is 3. The normalized spacial score (nSPS) is 23.5. The zero-order valence-electron chi connectivity index (χ0n) is 29.1. The molecule has 10 heteroatoms. The number of carbonyl (C=O) groups is 2. The number of hydrogen-bond donors (Lipinski definition) is 1. The molecule has 0 aromatic heterocycles. The van der Waals surface area contributed by atoms with Gasteiger partial charge in [-0.15, -0.1) is 0 Å². The minimum Gasteiger partial charge on any atom is -0.490 e. The number of hydrogen-bond acceptors (Lipinski definition) is 7. The molecule has 3 aromatic rings. The highest BCUT2D eigenvalue weighted by molar-refractivity contribution is 7.90. The van der Waals surface area contributed by atoms with Crippen LogP contribution in [0.2, 0.25) is 5.02 Å². The van der Waals surface area contributed by atoms with Crippen molar-refractivity contribution in [3.8, 4) is 5.75 Å². The van der Waals surface area contributed by atoms with Crippen molar-refractivity contribution in [2.45, 2.75) is 75.1 Å². The number of rotatable bonds is 12. The summed E-state index contributed by atoms with van der Waals surface area (Å²) < 4.78 is 41.4. The lowest BCUT2D eigenvalue weighted by Crippen LogP contribution is -2.53. The molecule has 3 aliphatic rings. The molecule has 1 saturated carbocycles. The van der Waals surface area contributed by atoms with Gasteiger partial charge in [0.15, 0.2) is 6.29 Å². The summed E-state index contributed by atoms with van der Waals surface area (Å²) in [5, 5.41) is -0.105. The van der Waals surface area contributed by atoms with Gasteiger partial charge in [0.25, 0.3) is 5.91 Å². The Morgan fingerprint density at radius 3 is 2.66 bits per heavy atom. The Balaban J connectivity index is 1.33. The van der Waals surface area contributed by atoms with Crippen molar-refractivity contribution in [1.82, 2.24) is 4.72 Å². The molecule has 50 heavy (non-hydrogen) atoms. The van der Waals surface area contributed by atoms with Crippen LogP contribution in [0.3, 0.4) is 0 Å². The monoisotopic (exact) mass is 718 g/mol. The standard InChI is InChI=1S/C40H47ClN2O6S/c1-4-5-20-40(26-44,48-3)35-16-13-32(35)24-43-25-39(19-9-12-30-22-33(41)15-17-34(30)39)27-49-37-18-14-31(23-36(37)43)38(45)42-50(46,47)28(2)21-29-10-7-6-8-11-29/h5-8,10-11,14-15,17-18,20,22-23,26,28,32,35H,4,9,12-13,16,19,21,24-25,27H2,1-3H3,(H,42,45)/b20-5+/t28-,32+,35-,39+,40-/m1/s1. The molecule has 2 aliphatic carbocycles. The van der Waals surface area contributed by atoms with E-state index in [0.717, 1.165) is 56.1 Å². The van der Waals surface area contributed by atoms with Crippen LogP contribution in [-0.2, 0) is 37.8 Å². The van der Waals surface area contributed by atoms with Crippen LogP contribution in [0.4, 0.5) is 5.69 Å². The van der Waals surface area contributed by atoms with Gasteiger partial charge in [-0.05, 0) is 111 Å². The van der Waals surface area contributed by atoms with E-state index in [-0.39, 0.29) is 29.2 Å². The molecule has 1 amide bonds. The van der Waals surface area contributed by atoms with Gasteiger partial charge in [-0.1, -0.05) is 61.0 Å². The second kappa shape index (κ2) is 14.9. The molecule has 266 valence electrons. The highest BCUT2D eigenvalue weighted by Crippen LogP contribution is 2.48. The van der Waals surface area contributed by atoms with E-state index in [1.54, 1.807) is 32.2 Å². The summed E-state index contributed by atoms with van der Waals surface area (Å²) in [7, 11) is -2.37. The predicted molar refractivity (Wildman–Crippen MR) is 198 cm³/mol. The number of aldehydes is 1. The van der Waals surface area contributed by atoms with Crippen molar-refractivity contribution in [2.24, 2.45) is 11.8 Å². The first-order valence-electron chi connectivity index (χ1n) is 17.6. The molecule has 3 aromatic carbocycles. The van der Waals surface area contributed by atoms with Gasteiger partial charge >= 0.3 is 0 Å². The second-order valence-corrected chi connectivity index (χ2v) is 16.7. The Labute approximate surface area is 301 Å². The van der Waals surface area contributed by atoms with Crippen LogP contribution in [0.25, 0.3) is 0 Å². The molecule has 6 rings (SSSR count). The van der Waals surface area contributed by atoms with Crippen LogP contribution >= 0.6 is 11.6 Å². The molecule has 1 heterocycles. The predicted octanol–water partition coefficient (Wildman–Crippen LogP) is 7.08. The summed E-state index contributed by atoms with van der Waals surface area (Å²) in [6, 6.07) is 20.6. The molecule has 1 spiro atoms. The third kappa shape index (κ3) is 7.23. The lowest BCUT2D eigenvalue weighted by molar-refractivity contribution is -0.135. The van der Waals surface area contributed by atoms with Crippen LogP contribution in [0, 0.1) is 11.8 Å². The lowest BCUT2D eigenvalue weighted by atomic mass is 9.64. The lowest BCUT2D eigenvalue weighted by Gasteiger charge is -2.48. The summed E-state index contributed by atoms with van der Waals surface area (Å²) >= 11 is 6.44. The SMILES string of the molecule is CC/C=C/[C@](C=O)(OC)[C@@H]1CC[C@H]1CN1C[C@@]2(CCCc3cc(Cl)ccc32)COc2ccc(C(=O)NS(=O)(=O)[C@H](C)Cc3ccccc3)cc21. The van der Waals surface area contributed by atoms with E-state index >= 15 is 0 Å². The number of methoxy groups -OCH3 is 1. The van der Waals surface area contributed by atoms with Crippen LogP contribution in [0.15, 0.2) is 78.9 Å². The summed E-state index contributed by atoms with van der Waals surface area (Å²) in [4.78, 5) is 28.5. The number of carbonyl (C=O) groups excluding carboxylic acids is 2. The van der Waals surface area contributed by atoms with E-state index in [1.807, 2.05) is 55.5 Å². The molecular weight excluding hydrogens is 672 g/mol. The molecule has 5 atom stereocenters. The van der Waals surface area contributed by atoms with E-state index in [9.17, 15) is 18.0 Å². The fourth-order valence-corrected chi connectivity index (χ4v) is 9.27. The first-order valence-corrected chi connectivity index (χ1v) is 19.6. The first-order chi connectivity index (χ1) is 24.0. The summed E-state index contributed by atoms with van der Waals surface area (Å²) in [6.07, 6.45) is 10.5. The number of fused-ring (bicyclic) bond motifs is 3. The number of allylic oxidation sites excluding steroid dienone is 1. The Kier molecular flexibility index (Phi) is 10.8. The van der Waals surface area contributed by atoms with Gasteiger partial charge in [0.1, 0.15) is 11.4 Å². The van der Waals surface area contributed by atoms with Gasteiger partial charge in [-0.25, -0.2) is 13.1 Å². The van der Waals surface area contributed by atoms with E-state index < -0.39 is 26.8 Å². The third-order valence-electron chi connectivity index (χ3n) is 11.0. The summed E-state index contributed by atoms with van der Waals surface area (Å²) in [5.74, 6) is 0.0657. The minimum atomic E-state index is -3.97. The number of anilines is 1. The highest BCUT2D eigenvalue weighted by atomic mass is 35.5. The number of ether oxygens (including phenoxy) is 2. The van der Waals surface area contributed by atoms with Crippen molar-refractivity contribution in [1.29, 1.82) is 0 Å². The zero-order chi connectivity index (χ0) is 35.5. The summed E-state index contributed by atoms with van der Waals surface area (Å²) in [5.41, 5.74) is 2.94. The van der Waals surface area contributed by atoms with Crippen LogP contribution in [0.1, 0.15) is 73.0 Å². The van der Waals surface area contributed by atoms with E-state index in [2.05, 4.69) is 21.8 Å². The largest absolute Gasteiger partial charge is 0.490 e. The molecule has 1 fully saturated rings. The number of nitrogens with zero attached hydrogens (tertiary/aromatic N) is 1. The second-order valence-electron chi connectivity index (χ2n) is 14.2. The zero-order valence-corrected chi connectivity index (χ0v) is 30.6. The molecule has 8 nitrogen and oxygen atoms in total. The van der Waals surface area contributed by atoms with Gasteiger partial charge in [0, 0.05) is 42.1 Å². The van der Waals surface area contributed by atoms with Crippen molar-refractivity contribution in [3.63, 3.8) is 0 Å². The molecule has 0 saturated heterocycles. The van der Waals surface area contributed by atoms with Crippen LogP contribution in [0.5, 0.6) is 5.75 Å². The topological polar surface area (TPSA) is 102 Å². The maximum Gasteiger partial charge on any atom is 0.264 e. The van der Waals surface area contributed by atoms with Gasteiger partial charge in [-0.3, -0.25) is 9.59 Å². The van der Waals surface area contributed by atoms with Crippen LogP contribution in [-0.4, -0.2) is 58.3 Å². The highest BCUT2D eigenvalue weighted by Gasteiger charge is 2.49. The average molecular weight is 719 g/mol. The molecular formula is C40H47ClN2O6S. The maximum absolute atomic E-state index is 13.6. The summed E-state index contributed by atoms with van der Waals surface area (Å²) in [6.45, 7) is 5.33. The van der Waals surface area contributed by atoms with E-state index in [1.165, 1.54) is 11.1 Å². The molecule has 1 N–H and O–H groups in total. The first kappa shape index (κ1) is 36.1. The Hall–Kier alpha value is -3.66.